The van der Waals surface area contributed by atoms with Crippen molar-refractivity contribution in [1.29, 1.82) is 0 Å². The molecule has 4 rings (SSSR count). The number of aliphatic hydroxyl groups is 2. The number of rotatable bonds is 5. The molecule has 32 heavy (non-hydrogen) atoms. The minimum atomic E-state index is -0.389. The van der Waals surface area contributed by atoms with Gasteiger partial charge in [-0.1, -0.05) is 25.9 Å². The van der Waals surface area contributed by atoms with Gasteiger partial charge in [-0.2, -0.15) is 0 Å². The zero-order valence-electron chi connectivity index (χ0n) is 20.1. The van der Waals surface area contributed by atoms with Crippen molar-refractivity contribution in [1.82, 2.24) is 0 Å². The summed E-state index contributed by atoms with van der Waals surface area (Å²) in [6, 6.07) is 0.0344. The van der Waals surface area contributed by atoms with Crippen molar-refractivity contribution in [3.63, 3.8) is 0 Å². The second-order valence-electron chi connectivity index (χ2n) is 11.8. The molecule has 0 aromatic rings. The Hall–Kier alpha value is -1.30. The Balaban J connectivity index is 1.57. The molecule has 4 fully saturated rings. The number of ether oxygens (including phenoxy) is 1. The van der Waals surface area contributed by atoms with E-state index >= 15 is 0 Å². The maximum absolute atomic E-state index is 11.7. The normalized spacial score (nSPS) is 48.6. The van der Waals surface area contributed by atoms with Gasteiger partial charge < -0.3 is 14.9 Å². The van der Waals surface area contributed by atoms with Gasteiger partial charge in [-0.3, -0.25) is 4.79 Å². The van der Waals surface area contributed by atoms with E-state index in [1.165, 1.54) is 7.11 Å². The lowest BCUT2D eigenvalue weighted by molar-refractivity contribution is -0.202. The van der Waals surface area contributed by atoms with E-state index in [2.05, 4.69) is 30.8 Å². The maximum atomic E-state index is 11.7. The van der Waals surface area contributed by atoms with Crippen molar-refractivity contribution in [3.05, 3.63) is 10.4 Å². The van der Waals surface area contributed by atoms with Gasteiger partial charge in [0, 0.05) is 17.4 Å². The molecule has 7 heteroatoms. The van der Waals surface area contributed by atoms with Crippen LogP contribution in [0.5, 0.6) is 0 Å². The Bertz CT molecular complexity index is 770. The number of carbonyl (C=O) groups excluding carboxylic acids is 1. The van der Waals surface area contributed by atoms with E-state index in [0.29, 0.717) is 36.0 Å². The van der Waals surface area contributed by atoms with Gasteiger partial charge in [0.15, 0.2) is 0 Å². The third-order valence-corrected chi connectivity index (χ3v) is 10.8. The molecule has 0 heterocycles. The van der Waals surface area contributed by atoms with Gasteiger partial charge in [0.1, 0.15) is 0 Å². The summed E-state index contributed by atoms with van der Waals surface area (Å²) >= 11 is 0. The molecular weight excluding hydrogens is 406 g/mol. The van der Waals surface area contributed by atoms with E-state index < -0.39 is 0 Å². The van der Waals surface area contributed by atoms with Crippen molar-refractivity contribution in [2.24, 2.45) is 51.5 Å². The summed E-state index contributed by atoms with van der Waals surface area (Å²) in [5.74, 6) is 1.70. The fourth-order valence-corrected chi connectivity index (χ4v) is 8.96. The predicted molar refractivity (Wildman–Crippen MR) is 121 cm³/mol. The summed E-state index contributed by atoms with van der Waals surface area (Å²) < 4.78 is 4.84. The third kappa shape index (κ3) is 3.65. The summed E-state index contributed by atoms with van der Waals surface area (Å²) in [6.07, 6.45) is 6.83. The molecule has 0 saturated heterocycles. The number of esters is 1. The first kappa shape index (κ1) is 23.8. The van der Waals surface area contributed by atoms with Crippen LogP contribution in [0.2, 0.25) is 0 Å². The monoisotopic (exact) mass is 447 g/mol. The zero-order chi connectivity index (χ0) is 23.3. The summed E-state index contributed by atoms with van der Waals surface area (Å²) in [7, 11) is 1.43. The molecule has 0 aromatic heterocycles. The quantitative estimate of drug-likeness (QED) is 0.271. The predicted octanol–water partition coefficient (Wildman–Crippen LogP) is 4.86. The minimum Gasteiger partial charge on any atom is -0.469 e. The molecule has 0 spiro atoms. The Morgan fingerprint density at radius 1 is 1.19 bits per heavy atom. The molecule has 0 radical (unpaired) electrons. The molecule has 2 N–H and O–H groups in total. The molecule has 0 aliphatic heterocycles. The largest absolute Gasteiger partial charge is 0.469 e. The lowest BCUT2D eigenvalue weighted by Crippen LogP contribution is -2.62. The first-order chi connectivity index (χ1) is 15.2. The SMILES string of the molecule is COC(=O)CC[C@@H](C)[C@H]1CC[C@H]2[C@@H]3[C@@H](O)CC4C[C@H](N=[N+]=[N-])CC[C@]4(C)[C@H]3C[C@H](O)[C@]12C. The number of fused-ring (bicyclic) bond motifs is 5. The molecule has 0 bridgehead atoms. The van der Waals surface area contributed by atoms with Crippen LogP contribution < -0.4 is 0 Å². The van der Waals surface area contributed by atoms with Gasteiger partial charge in [-0.25, -0.2) is 0 Å². The van der Waals surface area contributed by atoms with Crippen molar-refractivity contribution in [3.8, 4) is 0 Å². The third-order valence-electron chi connectivity index (χ3n) is 10.8. The van der Waals surface area contributed by atoms with Gasteiger partial charge in [-0.15, -0.1) is 0 Å². The number of aliphatic hydroxyl groups excluding tert-OH is 2. The standard InChI is InChI=1S/C25H41N3O4/c1-14(5-8-22(31)32-4)17-6-7-18-23-19(13-21(30)25(17,18)3)24(2)10-9-16(27-28-26)11-15(24)12-20(23)29/h14-21,23,29-30H,5-13H2,1-4H3/t14-,15?,16-,17-,18+,19+,20+,21+,23+,24+,25-/m1/s1. The number of hydrogen-bond acceptors (Lipinski definition) is 5. The van der Waals surface area contributed by atoms with E-state index in [4.69, 9.17) is 10.3 Å². The lowest BCUT2D eigenvalue weighted by atomic mass is 9.43. The number of hydrogen-bond donors (Lipinski definition) is 2. The number of azide groups is 1. The van der Waals surface area contributed by atoms with E-state index in [1.54, 1.807) is 0 Å². The Labute approximate surface area is 191 Å². The smallest absolute Gasteiger partial charge is 0.305 e. The molecule has 4 aliphatic rings. The van der Waals surface area contributed by atoms with Gasteiger partial charge in [0.25, 0.3) is 0 Å². The van der Waals surface area contributed by atoms with Crippen molar-refractivity contribution >= 4 is 5.97 Å². The highest BCUT2D eigenvalue weighted by Gasteiger charge is 2.65. The first-order valence-corrected chi connectivity index (χ1v) is 12.6. The maximum Gasteiger partial charge on any atom is 0.305 e. The highest BCUT2D eigenvalue weighted by atomic mass is 16.5. The molecule has 11 atom stereocenters. The van der Waals surface area contributed by atoms with Gasteiger partial charge in [0.2, 0.25) is 0 Å². The zero-order valence-corrected chi connectivity index (χ0v) is 20.1. The summed E-state index contributed by atoms with van der Waals surface area (Å²) in [5, 5.41) is 27.0. The molecule has 0 amide bonds. The Morgan fingerprint density at radius 2 is 1.94 bits per heavy atom. The van der Waals surface area contributed by atoms with E-state index in [9.17, 15) is 15.0 Å². The first-order valence-electron chi connectivity index (χ1n) is 12.6. The van der Waals surface area contributed by atoms with Crippen LogP contribution in [0.25, 0.3) is 10.4 Å². The van der Waals surface area contributed by atoms with Gasteiger partial charge >= 0.3 is 5.97 Å². The van der Waals surface area contributed by atoms with Gasteiger partial charge in [-0.05, 0) is 103 Å². The van der Waals surface area contributed by atoms with Crippen LogP contribution >= 0.6 is 0 Å². The number of nitrogens with zero attached hydrogens (tertiary/aromatic N) is 3. The molecule has 1 unspecified atom stereocenters. The average molecular weight is 448 g/mol. The minimum absolute atomic E-state index is 0.0344. The molecule has 4 saturated carbocycles. The number of carbonyl (C=O) groups is 1. The molecule has 4 aliphatic carbocycles. The second kappa shape index (κ2) is 8.81. The van der Waals surface area contributed by atoms with Crippen LogP contribution in [0.4, 0.5) is 0 Å². The van der Waals surface area contributed by atoms with E-state index in [-0.39, 0.29) is 41.0 Å². The fourth-order valence-electron chi connectivity index (χ4n) is 8.96. The van der Waals surface area contributed by atoms with Crippen LogP contribution in [-0.4, -0.2) is 41.5 Å². The molecule has 180 valence electrons. The Kier molecular flexibility index (Phi) is 6.56. The average Bonchev–Trinajstić information content (AvgIpc) is 3.12. The molecule has 0 aromatic carbocycles. The van der Waals surface area contributed by atoms with Crippen LogP contribution in [0, 0.1) is 46.3 Å². The van der Waals surface area contributed by atoms with Crippen LogP contribution in [0.15, 0.2) is 5.11 Å². The van der Waals surface area contributed by atoms with E-state index in [0.717, 1.165) is 51.4 Å². The lowest BCUT2D eigenvalue weighted by Gasteiger charge is -2.63. The topological polar surface area (TPSA) is 116 Å². The van der Waals surface area contributed by atoms with Crippen molar-refractivity contribution in [2.45, 2.75) is 96.8 Å². The van der Waals surface area contributed by atoms with Crippen LogP contribution in [-0.2, 0) is 9.53 Å². The van der Waals surface area contributed by atoms with Crippen LogP contribution in [0.1, 0.15) is 78.6 Å². The highest BCUT2D eigenvalue weighted by Crippen LogP contribution is 2.68. The van der Waals surface area contributed by atoms with Crippen molar-refractivity contribution < 1.29 is 19.7 Å². The molecule has 7 nitrogen and oxygen atoms in total. The van der Waals surface area contributed by atoms with Gasteiger partial charge in [0.05, 0.1) is 19.3 Å². The summed E-state index contributed by atoms with van der Waals surface area (Å²) in [4.78, 5) is 14.7. The van der Waals surface area contributed by atoms with Crippen molar-refractivity contribution in [2.75, 3.05) is 7.11 Å². The van der Waals surface area contributed by atoms with E-state index in [1.807, 2.05) is 0 Å². The highest BCUT2D eigenvalue weighted by molar-refractivity contribution is 5.69. The summed E-state index contributed by atoms with van der Waals surface area (Å²) in [6.45, 7) is 6.84. The second-order valence-corrected chi connectivity index (χ2v) is 11.8. The molecular formula is C25H41N3O4. The fraction of sp³-hybridized carbons (Fsp3) is 0.960. The Morgan fingerprint density at radius 3 is 2.62 bits per heavy atom. The number of methoxy groups -OCH3 is 1. The van der Waals surface area contributed by atoms with Crippen LogP contribution in [0.3, 0.4) is 0 Å². The summed E-state index contributed by atoms with van der Waals surface area (Å²) in [5.41, 5.74) is 8.75.